The minimum Gasteiger partial charge on any atom is -0.481 e. The van der Waals surface area contributed by atoms with Gasteiger partial charge in [0.05, 0.1) is 12.5 Å². The second kappa shape index (κ2) is 4.43. The first-order valence-electron chi connectivity index (χ1n) is 3.71. The summed E-state index contributed by atoms with van der Waals surface area (Å²) in [5.41, 5.74) is 0. The molecule has 1 aliphatic heterocycles. The molecule has 0 saturated carbocycles. The zero-order chi connectivity index (χ0) is 9.30. The van der Waals surface area contributed by atoms with E-state index in [1.165, 1.54) is 0 Å². The van der Waals surface area contributed by atoms with Crippen LogP contribution in [0.25, 0.3) is 0 Å². The Morgan fingerprint density at radius 2 is 2.15 bits per heavy atom. The molecular weight excluding hydrogens is 196 g/mol. The fraction of sp³-hybridized carbons (Fsp3) is 0.714. The molecule has 0 aromatic carbocycles. The third-order valence-corrected chi connectivity index (χ3v) is 1.93. The normalized spacial score (nSPS) is 25.9. The predicted molar refractivity (Wildman–Crippen MR) is 48.9 cm³/mol. The molecule has 1 rings (SSSR count). The summed E-state index contributed by atoms with van der Waals surface area (Å²) in [4.78, 5) is 23.0. The van der Waals surface area contributed by atoms with Crippen molar-refractivity contribution in [2.24, 2.45) is 0 Å². The van der Waals surface area contributed by atoms with Crippen LogP contribution in [0, 0.1) is 0 Å². The second-order valence-corrected chi connectivity index (χ2v) is 3.12. The Morgan fingerprint density at radius 1 is 1.62 bits per heavy atom. The van der Waals surface area contributed by atoms with Crippen molar-refractivity contribution < 1.29 is 14.7 Å². The number of halogens is 1. The van der Waals surface area contributed by atoms with E-state index < -0.39 is 5.97 Å². The summed E-state index contributed by atoms with van der Waals surface area (Å²) < 4.78 is 0. The lowest BCUT2D eigenvalue weighted by molar-refractivity contribution is -0.143. The molecule has 1 aliphatic rings. The standard InChI is InChI=1S/C7H12N2O3.ClH/c1-9(2)6-4(3-5(10)11)8-7(6)12;/h4,6H,3H2,1-2H3,(H,8,12)(H,10,11);1H/t4-,6-;/m1./s1. The van der Waals surface area contributed by atoms with Crippen molar-refractivity contribution in [3.8, 4) is 0 Å². The number of amides is 1. The van der Waals surface area contributed by atoms with Crippen molar-refractivity contribution in [1.82, 2.24) is 10.2 Å². The molecule has 1 fully saturated rings. The highest BCUT2D eigenvalue weighted by atomic mass is 35.5. The molecule has 0 aromatic heterocycles. The van der Waals surface area contributed by atoms with Gasteiger partial charge < -0.3 is 10.4 Å². The Bertz CT molecular complexity index is 220. The molecule has 76 valence electrons. The van der Waals surface area contributed by atoms with E-state index in [1.54, 1.807) is 19.0 Å². The Balaban J connectivity index is 0.00000144. The molecule has 1 heterocycles. The molecule has 0 aromatic rings. The molecule has 1 amide bonds. The Kier molecular flexibility index (Phi) is 4.16. The van der Waals surface area contributed by atoms with E-state index in [9.17, 15) is 9.59 Å². The lowest BCUT2D eigenvalue weighted by Crippen LogP contribution is -2.68. The van der Waals surface area contributed by atoms with Crippen LogP contribution in [-0.2, 0) is 9.59 Å². The predicted octanol–water partition coefficient (Wildman–Crippen LogP) is -0.688. The lowest BCUT2D eigenvalue weighted by atomic mass is 9.95. The number of likely N-dealkylation sites (N-methyl/N-ethyl adjacent to an activating group) is 1. The highest BCUT2D eigenvalue weighted by Gasteiger charge is 2.41. The van der Waals surface area contributed by atoms with Crippen molar-refractivity contribution >= 4 is 24.3 Å². The highest BCUT2D eigenvalue weighted by molar-refractivity contribution is 5.90. The van der Waals surface area contributed by atoms with Gasteiger partial charge in [-0.1, -0.05) is 0 Å². The summed E-state index contributed by atoms with van der Waals surface area (Å²) >= 11 is 0. The molecule has 0 spiro atoms. The molecule has 0 bridgehead atoms. The summed E-state index contributed by atoms with van der Waals surface area (Å²) in [5, 5.41) is 11.0. The van der Waals surface area contributed by atoms with Crippen molar-refractivity contribution in [2.45, 2.75) is 18.5 Å². The molecule has 6 heteroatoms. The van der Waals surface area contributed by atoms with Gasteiger partial charge >= 0.3 is 5.97 Å². The molecule has 0 radical (unpaired) electrons. The number of rotatable bonds is 3. The Morgan fingerprint density at radius 3 is 2.46 bits per heavy atom. The first kappa shape index (κ1) is 12.2. The van der Waals surface area contributed by atoms with Gasteiger partial charge in [0.25, 0.3) is 0 Å². The molecule has 13 heavy (non-hydrogen) atoms. The van der Waals surface area contributed by atoms with E-state index in [0.29, 0.717) is 0 Å². The maximum absolute atomic E-state index is 10.9. The largest absolute Gasteiger partial charge is 0.481 e. The number of hydrogen-bond acceptors (Lipinski definition) is 3. The number of carboxylic acids is 1. The summed E-state index contributed by atoms with van der Waals surface area (Å²) in [6.45, 7) is 0. The number of carboxylic acid groups (broad SMARTS) is 1. The quantitative estimate of drug-likeness (QED) is 0.603. The first-order chi connectivity index (χ1) is 5.52. The highest BCUT2D eigenvalue weighted by Crippen LogP contribution is 2.14. The smallest absolute Gasteiger partial charge is 0.305 e. The molecule has 0 unspecified atom stereocenters. The van der Waals surface area contributed by atoms with E-state index in [0.717, 1.165) is 0 Å². The third-order valence-electron chi connectivity index (χ3n) is 1.93. The maximum Gasteiger partial charge on any atom is 0.305 e. The van der Waals surface area contributed by atoms with Gasteiger partial charge in [-0.15, -0.1) is 12.4 Å². The monoisotopic (exact) mass is 208 g/mol. The molecule has 1 saturated heterocycles. The fourth-order valence-corrected chi connectivity index (χ4v) is 1.38. The number of hydrogen-bond donors (Lipinski definition) is 2. The van der Waals surface area contributed by atoms with Gasteiger partial charge in [0, 0.05) is 0 Å². The van der Waals surface area contributed by atoms with Crippen LogP contribution in [0.5, 0.6) is 0 Å². The Hall–Kier alpha value is -0.810. The molecule has 0 aliphatic carbocycles. The second-order valence-electron chi connectivity index (χ2n) is 3.12. The number of aliphatic carboxylic acids is 1. The first-order valence-corrected chi connectivity index (χ1v) is 3.71. The van der Waals surface area contributed by atoms with E-state index in [2.05, 4.69) is 5.32 Å². The van der Waals surface area contributed by atoms with Crippen molar-refractivity contribution in [3.05, 3.63) is 0 Å². The van der Waals surface area contributed by atoms with Crippen molar-refractivity contribution in [3.63, 3.8) is 0 Å². The number of β-lactam (4-membered cyclic amide) rings is 1. The van der Waals surface area contributed by atoms with Gasteiger partial charge in [-0.2, -0.15) is 0 Å². The SMILES string of the molecule is CN(C)[C@H]1C(=O)N[C@@H]1CC(=O)O.Cl. The topological polar surface area (TPSA) is 69.6 Å². The maximum atomic E-state index is 10.9. The summed E-state index contributed by atoms with van der Waals surface area (Å²) in [5.74, 6) is -0.974. The average molecular weight is 209 g/mol. The van der Waals surface area contributed by atoms with Crippen LogP contribution in [-0.4, -0.2) is 48.1 Å². The van der Waals surface area contributed by atoms with Crippen LogP contribution in [0.3, 0.4) is 0 Å². The zero-order valence-electron chi connectivity index (χ0n) is 7.48. The van der Waals surface area contributed by atoms with E-state index in [1.807, 2.05) is 0 Å². The molecule has 2 N–H and O–H groups in total. The van der Waals surface area contributed by atoms with E-state index in [-0.39, 0.29) is 36.8 Å². The third kappa shape index (κ3) is 2.57. The zero-order valence-corrected chi connectivity index (χ0v) is 8.30. The van der Waals surface area contributed by atoms with E-state index >= 15 is 0 Å². The minimum absolute atomic E-state index is 0. The van der Waals surface area contributed by atoms with Gasteiger partial charge in [0.2, 0.25) is 5.91 Å². The van der Waals surface area contributed by atoms with Crippen molar-refractivity contribution in [1.29, 1.82) is 0 Å². The van der Waals surface area contributed by atoms with Gasteiger partial charge in [0.1, 0.15) is 6.04 Å². The summed E-state index contributed by atoms with van der Waals surface area (Å²) in [7, 11) is 3.52. The number of nitrogens with zero attached hydrogens (tertiary/aromatic N) is 1. The van der Waals surface area contributed by atoms with Crippen LogP contribution in [0.4, 0.5) is 0 Å². The molecular formula is C7H13ClN2O3. The van der Waals surface area contributed by atoms with Crippen LogP contribution < -0.4 is 5.32 Å². The fourth-order valence-electron chi connectivity index (χ4n) is 1.38. The number of nitrogens with one attached hydrogen (secondary N) is 1. The molecule has 2 atom stereocenters. The van der Waals surface area contributed by atoms with Gasteiger partial charge in [-0.25, -0.2) is 0 Å². The van der Waals surface area contributed by atoms with E-state index in [4.69, 9.17) is 5.11 Å². The summed E-state index contributed by atoms with van der Waals surface area (Å²) in [6, 6.07) is -0.508. The van der Waals surface area contributed by atoms with Crippen LogP contribution >= 0.6 is 12.4 Å². The van der Waals surface area contributed by atoms with Crippen LogP contribution in [0.1, 0.15) is 6.42 Å². The number of carbonyl (C=O) groups excluding carboxylic acids is 1. The van der Waals surface area contributed by atoms with Gasteiger partial charge in [-0.05, 0) is 14.1 Å². The summed E-state index contributed by atoms with van der Waals surface area (Å²) in [6.07, 6.45) is -0.00537. The van der Waals surface area contributed by atoms with Crippen LogP contribution in [0.15, 0.2) is 0 Å². The Labute approximate surface area is 82.5 Å². The van der Waals surface area contributed by atoms with Gasteiger partial charge in [0.15, 0.2) is 0 Å². The lowest BCUT2D eigenvalue weighted by Gasteiger charge is -2.39. The molecule has 5 nitrogen and oxygen atoms in total. The van der Waals surface area contributed by atoms with Gasteiger partial charge in [-0.3, -0.25) is 14.5 Å². The van der Waals surface area contributed by atoms with Crippen LogP contribution in [0.2, 0.25) is 0 Å². The average Bonchev–Trinajstić information content (AvgIpc) is 1.82. The van der Waals surface area contributed by atoms with Crippen molar-refractivity contribution in [2.75, 3.05) is 14.1 Å². The number of carbonyl (C=O) groups is 2. The minimum atomic E-state index is -0.883.